The van der Waals surface area contributed by atoms with Crippen LogP contribution in [0.1, 0.15) is 19.2 Å². The van der Waals surface area contributed by atoms with Crippen LogP contribution in [-0.4, -0.2) is 15.5 Å². The molecule has 134 valence electrons. The van der Waals surface area contributed by atoms with Gasteiger partial charge in [0.25, 0.3) is 5.56 Å². The van der Waals surface area contributed by atoms with Crippen molar-refractivity contribution in [3.05, 3.63) is 70.1 Å². The lowest BCUT2D eigenvalue weighted by Gasteiger charge is -2.07. The third-order valence-electron chi connectivity index (χ3n) is 3.86. The Bertz CT molecular complexity index is 961. The van der Waals surface area contributed by atoms with Gasteiger partial charge in [0, 0.05) is 42.2 Å². The van der Waals surface area contributed by atoms with Crippen molar-refractivity contribution >= 4 is 23.2 Å². The molecular formula is C19H18ClN3O3. The number of anilines is 1. The van der Waals surface area contributed by atoms with Gasteiger partial charge in [0.1, 0.15) is 0 Å². The number of carbonyl (C=O) groups excluding carboxylic acids is 1. The summed E-state index contributed by atoms with van der Waals surface area (Å²) >= 11 is 5.87. The average molecular weight is 372 g/mol. The van der Waals surface area contributed by atoms with Gasteiger partial charge < -0.3 is 14.3 Å². The topological polar surface area (TPSA) is 77.1 Å². The molecule has 1 aromatic carbocycles. The smallest absolute Gasteiger partial charge is 0.250 e. The van der Waals surface area contributed by atoms with E-state index in [1.807, 2.05) is 19.1 Å². The van der Waals surface area contributed by atoms with Crippen molar-refractivity contribution in [2.45, 2.75) is 26.3 Å². The zero-order valence-electron chi connectivity index (χ0n) is 14.2. The molecule has 3 rings (SSSR count). The highest BCUT2D eigenvalue weighted by Crippen LogP contribution is 2.22. The summed E-state index contributed by atoms with van der Waals surface area (Å²) in [5.41, 5.74) is 1.37. The van der Waals surface area contributed by atoms with Gasteiger partial charge >= 0.3 is 0 Å². The molecule has 1 amide bonds. The second-order valence-electron chi connectivity index (χ2n) is 5.72. The molecule has 26 heavy (non-hydrogen) atoms. The van der Waals surface area contributed by atoms with Crippen molar-refractivity contribution in [2.75, 3.05) is 5.32 Å². The number of aryl methyl sites for hydroxylation is 2. The first-order valence-electron chi connectivity index (χ1n) is 8.26. The molecule has 1 N–H and O–H groups in total. The van der Waals surface area contributed by atoms with E-state index in [2.05, 4.69) is 10.3 Å². The summed E-state index contributed by atoms with van der Waals surface area (Å²) in [6.45, 7) is 2.42. The number of hydrogen-bond acceptors (Lipinski definition) is 4. The van der Waals surface area contributed by atoms with Gasteiger partial charge in [-0.1, -0.05) is 11.6 Å². The highest BCUT2D eigenvalue weighted by molar-refractivity contribution is 6.30. The molecule has 0 aliphatic rings. The third-order valence-corrected chi connectivity index (χ3v) is 4.11. The summed E-state index contributed by atoms with van der Waals surface area (Å²) in [7, 11) is 0. The summed E-state index contributed by atoms with van der Waals surface area (Å²) in [6.07, 6.45) is 3.87. The minimum Gasteiger partial charge on any atom is -0.441 e. The van der Waals surface area contributed by atoms with Crippen LogP contribution >= 0.6 is 11.6 Å². The van der Waals surface area contributed by atoms with Crippen LogP contribution in [0.15, 0.2) is 58.0 Å². The lowest BCUT2D eigenvalue weighted by Crippen LogP contribution is -2.19. The Labute approximate surface area is 155 Å². The Balaban J connectivity index is 1.58. The molecule has 0 aliphatic heterocycles. The van der Waals surface area contributed by atoms with Crippen LogP contribution in [0.3, 0.4) is 0 Å². The van der Waals surface area contributed by atoms with E-state index in [4.69, 9.17) is 16.0 Å². The van der Waals surface area contributed by atoms with Gasteiger partial charge in [-0.05, 0) is 37.3 Å². The third kappa shape index (κ3) is 4.40. The van der Waals surface area contributed by atoms with Crippen molar-refractivity contribution in [1.29, 1.82) is 0 Å². The first-order chi connectivity index (χ1) is 12.5. The van der Waals surface area contributed by atoms with Gasteiger partial charge in [0.2, 0.25) is 5.91 Å². The number of amides is 1. The van der Waals surface area contributed by atoms with Gasteiger partial charge in [-0.25, -0.2) is 4.98 Å². The zero-order valence-corrected chi connectivity index (χ0v) is 15.0. The lowest BCUT2D eigenvalue weighted by atomic mass is 10.2. The van der Waals surface area contributed by atoms with Gasteiger partial charge in [-0.3, -0.25) is 9.59 Å². The van der Waals surface area contributed by atoms with Gasteiger partial charge in [-0.2, -0.15) is 0 Å². The Morgan fingerprint density at radius 1 is 1.23 bits per heavy atom. The minimum atomic E-state index is -0.169. The van der Waals surface area contributed by atoms with E-state index < -0.39 is 0 Å². The Morgan fingerprint density at radius 3 is 2.73 bits per heavy atom. The first-order valence-corrected chi connectivity index (χ1v) is 8.64. The number of nitrogens with one attached hydrogen (secondary N) is 1. The lowest BCUT2D eigenvalue weighted by molar-refractivity contribution is -0.116. The Hall–Kier alpha value is -2.86. The predicted molar refractivity (Wildman–Crippen MR) is 100 cm³/mol. The first kappa shape index (κ1) is 17.9. The normalized spacial score (nSPS) is 10.7. The van der Waals surface area contributed by atoms with Crippen LogP contribution in [0, 0.1) is 0 Å². The van der Waals surface area contributed by atoms with Crippen LogP contribution < -0.4 is 10.9 Å². The summed E-state index contributed by atoms with van der Waals surface area (Å²) in [4.78, 5) is 27.9. The van der Waals surface area contributed by atoms with Crippen molar-refractivity contribution in [3.8, 4) is 11.3 Å². The van der Waals surface area contributed by atoms with E-state index in [0.29, 0.717) is 35.3 Å². The number of benzene rings is 1. The standard InChI is InChI=1S/C19H18ClN3O3/c1-2-23-12-15(7-10-19(23)25)22-17(24)8-9-18-21-11-16(26-18)13-3-5-14(20)6-4-13/h3-7,10-12H,2,8-9H2,1H3,(H,22,24). The predicted octanol–water partition coefficient (Wildman–Crippen LogP) is 3.75. The summed E-state index contributed by atoms with van der Waals surface area (Å²) in [5.74, 6) is 0.952. The zero-order chi connectivity index (χ0) is 18.5. The SMILES string of the molecule is CCn1cc(NC(=O)CCc2ncc(-c3ccc(Cl)cc3)o2)ccc1=O. The molecular weight excluding hydrogens is 354 g/mol. The second kappa shape index (κ2) is 8.01. The summed E-state index contributed by atoms with van der Waals surface area (Å²) in [6, 6.07) is 10.3. The molecule has 7 heteroatoms. The van der Waals surface area contributed by atoms with Gasteiger partial charge in [0.05, 0.1) is 11.9 Å². The number of hydrogen-bond donors (Lipinski definition) is 1. The molecule has 2 heterocycles. The molecule has 0 saturated heterocycles. The molecule has 3 aromatic rings. The molecule has 2 aromatic heterocycles. The molecule has 0 spiro atoms. The molecule has 0 saturated carbocycles. The van der Waals surface area contributed by atoms with E-state index in [0.717, 1.165) is 5.56 Å². The Kier molecular flexibility index (Phi) is 5.53. The number of carbonyl (C=O) groups is 1. The quantitative estimate of drug-likeness (QED) is 0.715. The van der Waals surface area contributed by atoms with Crippen LogP contribution in [0.4, 0.5) is 5.69 Å². The largest absolute Gasteiger partial charge is 0.441 e. The number of nitrogens with zero attached hydrogens (tertiary/aromatic N) is 2. The van der Waals surface area contributed by atoms with Crippen LogP contribution in [-0.2, 0) is 17.8 Å². The highest BCUT2D eigenvalue weighted by Gasteiger charge is 2.10. The second-order valence-corrected chi connectivity index (χ2v) is 6.15. The summed E-state index contributed by atoms with van der Waals surface area (Å²) in [5, 5.41) is 3.43. The van der Waals surface area contributed by atoms with E-state index >= 15 is 0 Å². The molecule has 0 aliphatic carbocycles. The number of oxazole rings is 1. The fourth-order valence-electron chi connectivity index (χ4n) is 2.47. The van der Waals surface area contributed by atoms with Crippen LogP contribution in [0.2, 0.25) is 5.02 Å². The summed E-state index contributed by atoms with van der Waals surface area (Å²) < 4.78 is 7.21. The van der Waals surface area contributed by atoms with Crippen molar-refractivity contribution in [2.24, 2.45) is 0 Å². The molecule has 0 bridgehead atoms. The van der Waals surface area contributed by atoms with Crippen LogP contribution in [0.25, 0.3) is 11.3 Å². The maximum Gasteiger partial charge on any atom is 0.250 e. The van der Waals surface area contributed by atoms with Crippen molar-refractivity contribution in [1.82, 2.24) is 9.55 Å². The maximum absolute atomic E-state index is 12.1. The Morgan fingerprint density at radius 2 is 2.00 bits per heavy atom. The molecule has 0 fully saturated rings. The number of pyridine rings is 1. The molecule has 0 unspecified atom stereocenters. The fourth-order valence-corrected chi connectivity index (χ4v) is 2.60. The van der Waals surface area contributed by atoms with E-state index in [-0.39, 0.29) is 17.9 Å². The van der Waals surface area contributed by atoms with E-state index in [9.17, 15) is 9.59 Å². The minimum absolute atomic E-state index is 0.0972. The van der Waals surface area contributed by atoms with E-state index in [1.54, 1.807) is 30.6 Å². The van der Waals surface area contributed by atoms with E-state index in [1.165, 1.54) is 10.6 Å². The highest BCUT2D eigenvalue weighted by atomic mass is 35.5. The molecule has 0 atom stereocenters. The number of halogens is 1. The number of aromatic nitrogens is 2. The molecule has 0 radical (unpaired) electrons. The van der Waals surface area contributed by atoms with Crippen molar-refractivity contribution in [3.63, 3.8) is 0 Å². The average Bonchev–Trinajstić information content (AvgIpc) is 3.11. The molecule has 6 nitrogen and oxygen atoms in total. The van der Waals surface area contributed by atoms with Gasteiger partial charge in [0.15, 0.2) is 11.7 Å². The maximum atomic E-state index is 12.1. The fraction of sp³-hybridized carbons (Fsp3) is 0.211. The van der Waals surface area contributed by atoms with Gasteiger partial charge in [-0.15, -0.1) is 0 Å². The van der Waals surface area contributed by atoms with Crippen molar-refractivity contribution < 1.29 is 9.21 Å². The number of rotatable bonds is 6. The monoisotopic (exact) mass is 371 g/mol. The van der Waals surface area contributed by atoms with Crippen LogP contribution in [0.5, 0.6) is 0 Å².